The van der Waals surface area contributed by atoms with Crippen molar-refractivity contribution in [3.8, 4) is 0 Å². The van der Waals surface area contributed by atoms with Gasteiger partial charge in [0.15, 0.2) is 5.11 Å². The van der Waals surface area contributed by atoms with E-state index < -0.39 is 0 Å². The number of hydrogen-bond donors (Lipinski definition) is 3. The van der Waals surface area contributed by atoms with Gasteiger partial charge in [0.05, 0.1) is 16.5 Å². The third-order valence-electron chi connectivity index (χ3n) is 5.07. The quantitative estimate of drug-likeness (QED) is 0.448. The van der Waals surface area contributed by atoms with E-state index in [1.807, 2.05) is 18.2 Å². The van der Waals surface area contributed by atoms with E-state index in [2.05, 4.69) is 50.8 Å². The first-order chi connectivity index (χ1) is 13.2. The number of para-hydroxylation sites is 1. The van der Waals surface area contributed by atoms with E-state index in [-0.39, 0.29) is 11.0 Å². The Kier molecular flexibility index (Phi) is 8.16. The second-order valence-corrected chi connectivity index (χ2v) is 8.50. The third kappa shape index (κ3) is 5.63. The second-order valence-electron chi connectivity index (χ2n) is 6.70. The molecule has 0 aliphatic heterocycles. The van der Waals surface area contributed by atoms with Crippen molar-refractivity contribution in [2.24, 2.45) is 0 Å². The van der Waals surface area contributed by atoms with Crippen molar-refractivity contribution < 1.29 is 4.79 Å². The Hall–Kier alpha value is -1.76. The maximum atomic E-state index is 12.1. The molecular weight excluding hydrogens is 410 g/mol. The molecule has 0 spiro atoms. The van der Waals surface area contributed by atoms with E-state index in [1.165, 1.54) is 33.4 Å². The number of benzene rings is 2. The Bertz CT molecular complexity index is 870. The number of carbonyl (C=O) groups is 1. The lowest BCUT2D eigenvalue weighted by Crippen LogP contribution is -2.44. The average Bonchev–Trinajstić information content (AvgIpc) is 2.67. The average molecular weight is 436 g/mol. The summed E-state index contributed by atoms with van der Waals surface area (Å²) in [6.45, 7) is 10.8. The van der Waals surface area contributed by atoms with Crippen molar-refractivity contribution in [3.63, 3.8) is 0 Å². The monoisotopic (exact) mass is 435 g/mol. The fourth-order valence-corrected chi connectivity index (χ4v) is 4.26. The summed E-state index contributed by atoms with van der Waals surface area (Å²) >= 11 is 12.8. The number of halogens is 1. The Morgan fingerprint density at radius 3 is 2.14 bits per heavy atom. The van der Waals surface area contributed by atoms with Crippen LogP contribution in [0.3, 0.4) is 0 Å². The number of carbonyl (C=O) groups excluding carboxylic acids is 1. The molecule has 0 aliphatic carbocycles. The molecule has 28 heavy (non-hydrogen) atoms. The highest BCUT2D eigenvalue weighted by Crippen LogP contribution is 2.28. The normalized spacial score (nSPS) is 10.5. The van der Waals surface area contributed by atoms with Gasteiger partial charge in [0.2, 0.25) is 5.91 Å². The molecule has 0 unspecified atom stereocenters. The third-order valence-corrected chi connectivity index (χ3v) is 6.57. The minimum absolute atomic E-state index is 0.135. The molecular formula is C21H26ClN3OS2. The van der Waals surface area contributed by atoms with Crippen LogP contribution in [-0.2, 0) is 10.5 Å². The molecule has 0 saturated heterocycles. The summed E-state index contributed by atoms with van der Waals surface area (Å²) in [5.74, 6) is 1.01. The molecule has 0 radical (unpaired) electrons. The Labute approximate surface area is 181 Å². The summed E-state index contributed by atoms with van der Waals surface area (Å²) in [7, 11) is 0. The van der Waals surface area contributed by atoms with Crippen molar-refractivity contribution in [2.45, 2.75) is 40.4 Å². The summed E-state index contributed by atoms with van der Waals surface area (Å²) in [5.41, 5.74) is 14.0. The van der Waals surface area contributed by atoms with E-state index in [0.717, 1.165) is 5.75 Å². The zero-order chi connectivity index (χ0) is 20.8. The van der Waals surface area contributed by atoms with Crippen LogP contribution in [0.15, 0.2) is 24.3 Å². The molecule has 2 aromatic rings. The fraction of sp³-hybridized carbons (Fsp3) is 0.333. The summed E-state index contributed by atoms with van der Waals surface area (Å²) < 4.78 is 0. The molecule has 150 valence electrons. The molecule has 4 nitrogen and oxygen atoms in total. The number of amides is 1. The molecule has 0 fully saturated rings. The van der Waals surface area contributed by atoms with Crippen molar-refractivity contribution in [2.75, 3.05) is 11.1 Å². The van der Waals surface area contributed by atoms with E-state index >= 15 is 0 Å². The van der Waals surface area contributed by atoms with Crippen LogP contribution in [0.5, 0.6) is 0 Å². The van der Waals surface area contributed by atoms with Gasteiger partial charge in [0, 0.05) is 5.75 Å². The van der Waals surface area contributed by atoms with Gasteiger partial charge < -0.3 is 5.32 Å². The molecule has 2 rings (SSSR count). The van der Waals surface area contributed by atoms with Crippen LogP contribution in [0.25, 0.3) is 0 Å². The highest BCUT2D eigenvalue weighted by atomic mass is 35.5. The van der Waals surface area contributed by atoms with E-state index in [1.54, 1.807) is 17.8 Å². The zero-order valence-electron chi connectivity index (χ0n) is 16.8. The molecule has 0 bridgehead atoms. The molecule has 0 heterocycles. The number of nitrogens with one attached hydrogen (secondary N) is 3. The topological polar surface area (TPSA) is 53.2 Å². The maximum Gasteiger partial charge on any atom is 0.248 e. The van der Waals surface area contributed by atoms with Crippen LogP contribution in [0, 0.1) is 34.6 Å². The van der Waals surface area contributed by atoms with Crippen molar-refractivity contribution in [1.29, 1.82) is 0 Å². The first-order valence-electron chi connectivity index (χ1n) is 8.96. The number of thiocarbonyl (C=S) groups is 1. The van der Waals surface area contributed by atoms with E-state index in [4.69, 9.17) is 23.8 Å². The molecule has 0 aromatic heterocycles. The molecule has 7 heteroatoms. The molecule has 3 N–H and O–H groups in total. The second kappa shape index (κ2) is 10.1. The van der Waals surface area contributed by atoms with Gasteiger partial charge in [-0.2, -0.15) is 0 Å². The lowest BCUT2D eigenvalue weighted by Gasteiger charge is -2.18. The standard InChI is InChI=1S/C21H26ClN3OS2/c1-12-13(2)15(4)17(16(5)14(12)3)10-28-11-20(26)24-25-21(27)23-19-9-7-6-8-18(19)22/h6-9H,10-11H2,1-5H3,(H,24,26)(H2,23,25,27). The number of anilines is 1. The van der Waals surface area contributed by atoms with E-state index in [0.29, 0.717) is 16.5 Å². The molecule has 1 amide bonds. The predicted octanol–water partition coefficient (Wildman–Crippen LogP) is 5.13. The lowest BCUT2D eigenvalue weighted by molar-refractivity contribution is -0.119. The van der Waals surface area contributed by atoms with Crippen LogP contribution < -0.4 is 16.2 Å². The van der Waals surface area contributed by atoms with Crippen LogP contribution in [0.4, 0.5) is 5.69 Å². The summed E-state index contributed by atoms with van der Waals surface area (Å²) in [4.78, 5) is 12.1. The van der Waals surface area contributed by atoms with Crippen molar-refractivity contribution in [3.05, 3.63) is 62.7 Å². The molecule has 2 aromatic carbocycles. The van der Waals surface area contributed by atoms with Gasteiger partial charge in [0.1, 0.15) is 0 Å². The minimum atomic E-state index is -0.135. The zero-order valence-corrected chi connectivity index (χ0v) is 19.2. The molecule has 0 saturated carbocycles. The Morgan fingerprint density at radius 2 is 1.54 bits per heavy atom. The van der Waals surface area contributed by atoms with E-state index in [9.17, 15) is 4.79 Å². The molecule has 0 aliphatic rings. The smallest absolute Gasteiger partial charge is 0.248 e. The molecule has 0 atom stereocenters. The number of rotatable bonds is 5. The van der Waals surface area contributed by atoms with Crippen LogP contribution in [-0.4, -0.2) is 16.8 Å². The minimum Gasteiger partial charge on any atom is -0.330 e. The highest BCUT2D eigenvalue weighted by molar-refractivity contribution is 7.99. The highest BCUT2D eigenvalue weighted by Gasteiger charge is 2.13. The van der Waals surface area contributed by atoms with Gasteiger partial charge in [0.25, 0.3) is 0 Å². The summed E-state index contributed by atoms with van der Waals surface area (Å²) in [6, 6.07) is 7.26. The van der Waals surface area contributed by atoms with Crippen molar-refractivity contribution in [1.82, 2.24) is 10.9 Å². The first kappa shape index (κ1) is 22.5. The van der Waals surface area contributed by atoms with Crippen LogP contribution >= 0.6 is 35.6 Å². The van der Waals surface area contributed by atoms with Gasteiger partial charge >= 0.3 is 0 Å². The summed E-state index contributed by atoms with van der Waals surface area (Å²) in [5, 5.41) is 3.79. The number of hydrazine groups is 1. The largest absolute Gasteiger partial charge is 0.330 e. The Morgan fingerprint density at radius 1 is 0.964 bits per heavy atom. The lowest BCUT2D eigenvalue weighted by atomic mass is 9.90. The first-order valence-corrected chi connectivity index (χ1v) is 10.9. The van der Waals surface area contributed by atoms with Gasteiger partial charge in [-0.1, -0.05) is 23.7 Å². The van der Waals surface area contributed by atoms with Gasteiger partial charge in [-0.15, -0.1) is 11.8 Å². The van der Waals surface area contributed by atoms with Gasteiger partial charge in [-0.05, 0) is 92.4 Å². The van der Waals surface area contributed by atoms with Gasteiger partial charge in [-0.3, -0.25) is 15.6 Å². The van der Waals surface area contributed by atoms with Crippen LogP contribution in [0.1, 0.15) is 33.4 Å². The SMILES string of the molecule is Cc1c(C)c(C)c(CSCC(=O)NNC(=S)Nc2ccccc2Cl)c(C)c1C. The maximum absolute atomic E-state index is 12.1. The van der Waals surface area contributed by atoms with Crippen LogP contribution in [0.2, 0.25) is 5.02 Å². The van der Waals surface area contributed by atoms with Crippen molar-refractivity contribution >= 4 is 52.3 Å². The predicted molar refractivity (Wildman–Crippen MR) is 125 cm³/mol. The fourth-order valence-electron chi connectivity index (χ4n) is 2.92. The summed E-state index contributed by atoms with van der Waals surface area (Å²) in [6.07, 6.45) is 0. The number of thioether (sulfide) groups is 1. The number of hydrogen-bond acceptors (Lipinski definition) is 3. The van der Waals surface area contributed by atoms with Gasteiger partial charge in [-0.25, -0.2) is 0 Å². The Balaban J connectivity index is 1.82.